The zero-order valence-electron chi connectivity index (χ0n) is 8.59. The third-order valence-electron chi connectivity index (χ3n) is 1.39. The smallest absolute Gasteiger partial charge is 0.364 e. The Morgan fingerprint density at radius 1 is 1.65 bits per heavy atom. The van der Waals surface area contributed by atoms with Crippen LogP contribution < -0.4 is 5.73 Å². The van der Waals surface area contributed by atoms with Crippen molar-refractivity contribution in [1.82, 2.24) is 9.36 Å². The van der Waals surface area contributed by atoms with Gasteiger partial charge in [-0.25, -0.2) is 13.6 Å². The average molecular weight is 266 g/mol. The second-order valence-electron chi connectivity index (χ2n) is 2.57. The molecule has 0 radical (unpaired) electrons. The standard InChI is InChI=1S/C7H8F2N4O3S/c1-15-6(14)4(12-16-2-3(8)9)5-11-7(10)17-13-5/h3H,2H2,1H3,(H2,10,11,13). The number of halogens is 2. The summed E-state index contributed by atoms with van der Waals surface area (Å²) >= 11 is 0.825. The van der Waals surface area contributed by atoms with Crippen molar-refractivity contribution in [1.29, 1.82) is 0 Å². The van der Waals surface area contributed by atoms with Crippen molar-refractivity contribution in [2.45, 2.75) is 6.43 Å². The Kier molecular flexibility index (Phi) is 4.69. The van der Waals surface area contributed by atoms with Gasteiger partial charge in [-0.05, 0) is 0 Å². The van der Waals surface area contributed by atoms with Crippen LogP contribution in [0.5, 0.6) is 0 Å². The predicted molar refractivity (Wildman–Crippen MR) is 54.8 cm³/mol. The van der Waals surface area contributed by atoms with Gasteiger partial charge in [0.25, 0.3) is 6.43 Å². The first kappa shape index (κ1) is 13.2. The molecule has 1 aromatic heterocycles. The number of rotatable bonds is 5. The number of aromatic nitrogens is 2. The Bertz CT molecular complexity index is 423. The summed E-state index contributed by atoms with van der Waals surface area (Å²) in [5.41, 5.74) is 4.90. The van der Waals surface area contributed by atoms with Gasteiger partial charge < -0.3 is 15.3 Å². The molecule has 0 spiro atoms. The summed E-state index contributed by atoms with van der Waals surface area (Å²) in [6, 6.07) is 0. The minimum Gasteiger partial charge on any atom is -0.464 e. The molecule has 0 amide bonds. The first-order valence-corrected chi connectivity index (χ1v) is 4.98. The number of anilines is 1. The lowest BCUT2D eigenvalue weighted by Crippen LogP contribution is -2.19. The molecule has 0 unspecified atom stereocenters. The van der Waals surface area contributed by atoms with Crippen molar-refractivity contribution in [2.24, 2.45) is 5.16 Å². The average Bonchev–Trinajstić information content (AvgIpc) is 2.69. The van der Waals surface area contributed by atoms with Crippen LogP contribution in [0.15, 0.2) is 5.16 Å². The Labute approximate surface area is 98.4 Å². The fraction of sp³-hybridized carbons (Fsp3) is 0.429. The SMILES string of the molecule is COC(=O)C(=NOCC(F)F)c1nsc(N)n1. The maximum atomic E-state index is 11.8. The van der Waals surface area contributed by atoms with E-state index in [-0.39, 0.29) is 11.0 Å². The van der Waals surface area contributed by atoms with Crippen LogP contribution in [0, 0.1) is 0 Å². The molecule has 0 aliphatic rings. The first-order valence-electron chi connectivity index (χ1n) is 4.20. The number of nitrogens with two attached hydrogens (primary N) is 1. The second kappa shape index (κ2) is 6.03. The lowest BCUT2D eigenvalue weighted by Gasteiger charge is -2.01. The van der Waals surface area contributed by atoms with Crippen LogP contribution in [0.3, 0.4) is 0 Å². The predicted octanol–water partition coefficient (Wildman–Crippen LogP) is 0.279. The molecule has 7 nitrogen and oxygen atoms in total. The molecular weight excluding hydrogens is 258 g/mol. The summed E-state index contributed by atoms with van der Waals surface area (Å²) in [7, 11) is 1.10. The van der Waals surface area contributed by atoms with Gasteiger partial charge in [-0.15, -0.1) is 0 Å². The highest BCUT2D eigenvalue weighted by Crippen LogP contribution is 2.08. The summed E-state index contributed by atoms with van der Waals surface area (Å²) in [6.07, 6.45) is -2.70. The largest absolute Gasteiger partial charge is 0.464 e. The maximum absolute atomic E-state index is 11.8. The van der Waals surface area contributed by atoms with E-state index >= 15 is 0 Å². The fourth-order valence-electron chi connectivity index (χ4n) is 0.756. The van der Waals surface area contributed by atoms with E-state index in [1.807, 2.05) is 0 Å². The molecule has 0 aliphatic carbocycles. The van der Waals surface area contributed by atoms with Crippen molar-refractivity contribution in [3.05, 3.63) is 5.82 Å². The molecular formula is C7H8F2N4O3S. The summed E-state index contributed by atoms with van der Waals surface area (Å²) < 4.78 is 31.7. The summed E-state index contributed by atoms with van der Waals surface area (Å²) in [5.74, 6) is -1.04. The van der Waals surface area contributed by atoms with Crippen molar-refractivity contribution in [3.63, 3.8) is 0 Å². The van der Waals surface area contributed by atoms with Crippen LogP contribution in [-0.4, -0.2) is 41.2 Å². The van der Waals surface area contributed by atoms with Crippen LogP contribution in [0.4, 0.5) is 13.9 Å². The normalized spacial score (nSPS) is 11.6. The molecule has 1 rings (SSSR count). The van der Waals surface area contributed by atoms with Crippen LogP contribution in [0.25, 0.3) is 0 Å². The topological polar surface area (TPSA) is 99.7 Å². The summed E-state index contributed by atoms with van der Waals surface area (Å²) in [5, 5.41) is 3.31. The van der Waals surface area contributed by atoms with E-state index in [1.165, 1.54) is 0 Å². The van der Waals surface area contributed by atoms with Gasteiger partial charge in [0.15, 0.2) is 11.7 Å². The van der Waals surface area contributed by atoms with Crippen molar-refractivity contribution in [2.75, 3.05) is 19.5 Å². The van der Waals surface area contributed by atoms with Gasteiger partial charge in [-0.2, -0.15) is 9.36 Å². The third-order valence-corrected chi connectivity index (χ3v) is 1.93. The van der Waals surface area contributed by atoms with Crippen molar-refractivity contribution in [3.8, 4) is 0 Å². The van der Waals surface area contributed by atoms with Crippen LogP contribution in [0.2, 0.25) is 0 Å². The number of nitrogens with zero attached hydrogens (tertiary/aromatic N) is 3. The van der Waals surface area contributed by atoms with Crippen LogP contribution in [0.1, 0.15) is 5.82 Å². The Morgan fingerprint density at radius 3 is 2.82 bits per heavy atom. The highest BCUT2D eigenvalue weighted by molar-refractivity contribution is 7.09. The van der Waals surface area contributed by atoms with E-state index in [0.717, 1.165) is 18.6 Å². The molecule has 94 valence electrons. The van der Waals surface area contributed by atoms with Gasteiger partial charge in [-0.3, -0.25) is 0 Å². The number of carbonyl (C=O) groups excluding carboxylic acids is 1. The Balaban J connectivity index is 2.84. The minimum absolute atomic E-state index is 0.102. The molecule has 0 fully saturated rings. The lowest BCUT2D eigenvalue weighted by atomic mass is 10.4. The fourth-order valence-corrected chi connectivity index (χ4v) is 1.19. The highest BCUT2D eigenvalue weighted by Gasteiger charge is 2.21. The van der Waals surface area contributed by atoms with E-state index < -0.39 is 24.7 Å². The quantitative estimate of drug-likeness (QED) is 0.467. The van der Waals surface area contributed by atoms with E-state index in [4.69, 9.17) is 5.73 Å². The number of ether oxygens (including phenoxy) is 1. The van der Waals surface area contributed by atoms with E-state index in [9.17, 15) is 13.6 Å². The Morgan fingerprint density at radius 2 is 2.35 bits per heavy atom. The van der Waals surface area contributed by atoms with Crippen LogP contribution in [-0.2, 0) is 14.4 Å². The van der Waals surface area contributed by atoms with Gasteiger partial charge in [0.05, 0.1) is 7.11 Å². The molecule has 2 N–H and O–H groups in total. The lowest BCUT2D eigenvalue weighted by molar-refractivity contribution is -0.132. The Hall–Kier alpha value is -1.84. The van der Waals surface area contributed by atoms with Crippen LogP contribution >= 0.6 is 11.5 Å². The highest BCUT2D eigenvalue weighted by atomic mass is 32.1. The number of oxime groups is 1. The number of carbonyl (C=O) groups is 1. The monoisotopic (exact) mass is 266 g/mol. The molecule has 0 aromatic carbocycles. The summed E-state index contributed by atoms with van der Waals surface area (Å²) in [4.78, 5) is 19.2. The van der Waals surface area contributed by atoms with E-state index in [1.54, 1.807) is 0 Å². The third kappa shape index (κ3) is 3.90. The van der Waals surface area contributed by atoms with Gasteiger partial charge in [0, 0.05) is 11.5 Å². The minimum atomic E-state index is -2.70. The first-order chi connectivity index (χ1) is 8.04. The summed E-state index contributed by atoms with van der Waals surface area (Å²) in [6.45, 7) is -0.944. The second-order valence-corrected chi connectivity index (χ2v) is 3.36. The molecule has 0 atom stereocenters. The number of esters is 1. The number of hydrogen-bond acceptors (Lipinski definition) is 8. The van der Waals surface area contributed by atoms with Gasteiger partial charge >= 0.3 is 5.97 Å². The van der Waals surface area contributed by atoms with Crippen molar-refractivity contribution >= 4 is 28.3 Å². The zero-order chi connectivity index (χ0) is 12.8. The zero-order valence-corrected chi connectivity index (χ0v) is 9.41. The molecule has 1 aromatic rings. The molecule has 0 aliphatic heterocycles. The maximum Gasteiger partial charge on any atom is 0.364 e. The number of hydrogen-bond donors (Lipinski definition) is 1. The molecule has 17 heavy (non-hydrogen) atoms. The molecule has 0 bridgehead atoms. The number of nitrogen functional groups attached to an aromatic ring is 1. The molecule has 0 saturated carbocycles. The van der Waals surface area contributed by atoms with Crippen molar-refractivity contribution < 1.29 is 23.1 Å². The van der Waals surface area contributed by atoms with Gasteiger partial charge in [0.2, 0.25) is 11.5 Å². The molecule has 10 heteroatoms. The van der Waals surface area contributed by atoms with Gasteiger partial charge in [0.1, 0.15) is 0 Å². The molecule has 1 heterocycles. The van der Waals surface area contributed by atoms with E-state index in [2.05, 4.69) is 24.1 Å². The number of methoxy groups -OCH3 is 1. The van der Waals surface area contributed by atoms with E-state index in [0.29, 0.717) is 0 Å². The molecule has 0 saturated heterocycles. The number of alkyl halides is 2. The van der Waals surface area contributed by atoms with Gasteiger partial charge in [-0.1, -0.05) is 5.16 Å².